The summed E-state index contributed by atoms with van der Waals surface area (Å²) in [6, 6.07) is 16.5. The largest absolute Gasteiger partial charge is 0.471 e. The number of carbonyl (C=O) groups is 1. The fraction of sp³-hybridized carbons (Fsp3) is 0.0526. The number of para-hydroxylation sites is 1. The van der Waals surface area contributed by atoms with E-state index in [9.17, 15) is 4.79 Å². The summed E-state index contributed by atoms with van der Waals surface area (Å²) in [5, 5.41) is 13.9. The van der Waals surface area contributed by atoms with E-state index in [0.29, 0.717) is 5.82 Å². The van der Waals surface area contributed by atoms with Gasteiger partial charge in [-0.3, -0.25) is 14.9 Å². The lowest BCUT2D eigenvalue weighted by Crippen LogP contribution is -2.14. The first kappa shape index (κ1) is 16.5. The van der Waals surface area contributed by atoms with Crippen LogP contribution < -0.4 is 10.1 Å². The van der Waals surface area contributed by atoms with Crippen molar-refractivity contribution in [3.8, 4) is 17.0 Å². The molecule has 0 aliphatic rings. The summed E-state index contributed by atoms with van der Waals surface area (Å²) in [7, 11) is 0. The van der Waals surface area contributed by atoms with Crippen LogP contribution in [0.15, 0.2) is 73.2 Å². The Morgan fingerprint density at radius 1 is 1.11 bits per heavy atom. The Bertz CT molecular complexity index is 1030. The van der Waals surface area contributed by atoms with Gasteiger partial charge in [-0.25, -0.2) is 4.68 Å². The Balaban J connectivity index is 1.38. The number of rotatable bonds is 6. The Hall–Kier alpha value is -3.94. The van der Waals surface area contributed by atoms with Crippen molar-refractivity contribution >= 4 is 11.7 Å². The molecule has 8 heteroatoms. The van der Waals surface area contributed by atoms with Crippen molar-refractivity contribution in [2.24, 2.45) is 0 Å². The SMILES string of the molecule is O=C(Nc1cc(-c2ccncc2)[nH]n1)c1ccn(COc2ccccc2)n1. The second kappa shape index (κ2) is 7.52. The first-order chi connectivity index (χ1) is 13.3. The third kappa shape index (κ3) is 4.01. The Morgan fingerprint density at radius 2 is 1.93 bits per heavy atom. The molecule has 3 heterocycles. The second-order valence-electron chi connectivity index (χ2n) is 5.68. The minimum Gasteiger partial charge on any atom is -0.471 e. The number of amides is 1. The van der Waals surface area contributed by atoms with Crippen molar-refractivity contribution in [1.82, 2.24) is 25.0 Å². The molecule has 0 saturated carbocycles. The summed E-state index contributed by atoms with van der Waals surface area (Å²) < 4.78 is 7.15. The summed E-state index contributed by atoms with van der Waals surface area (Å²) in [5.41, 5.74) is 2.00. The molecule has 134 valence electrons. The molecule has 0 atom stereocenters. The van der Waals surface area contributed by atoms with Gasteiger partial charge >= 0.3 is 0 Å². The van der Waals surface area contributed by atoms with E-state index in [2.05, 4.69) is 25.6 Å². The topological polar surface area (TPSA) is 97.7 Å². The van der Waals surface area contributed by atoms with E-state index in [1.807, 2.05) is 42.5 Å². The van der Waals surface area contributed by atoms with E-state index >= 15 is 0 Å². The highest BCUT2D eigenvalue weighted by molar-refractivity contribution is 6.02. The number of aromatic nitrogens is 5. The lowest BCUT2D eigenvalue weighted by molar-refractivity contribution is 0.102. The van der Waals surface area contributed by atoms with Crippen LogP contribution in [-0.4, -0.2) is 30.9 Å². The van der Waals surface area contributed by atoms with Gasteiger partial charge in [-0.2, -0.15) is 10.2 Å². The molecule has 4 aromatic rings. The van der Waals surface area contributed by atoms with Crippen molar-refractivity contribution in [1.29, 1.82) is 0 Å². The molecule has 0 aliphatic heterocycles. The maximum Gasteiger partial charge on any atom is 0.277 e. The lowest BCUT2D eigenvalue weighted by Gasteiger charge is -2.05. The van der Waals surface area contributed by atoms with Crippen LogP contribution in [-0.2, 0) is 6.73 Å². The molecule has 0 unspecified atom stereocenters. The highest BCUT2D eigenvalue weighted by atomic mass is 16.5. The van der Waals surface area contributed by atoms with Gasteiger partial charge in [0.1, 0.15) is 5.75 Å². The maximum atomic E-state index is 12.4. The van der Waals surface area contributed by atoms with Gasteiger partial charge in [0, 0.05) is 30.2 Å². The summed E-state index contributed by atoms with van der Waals surface area (Å²) in [6.45, 7) is 0.214. The molecule has 0 saturated heterocycles. The van der Waals surface area contributed by atoms with Crippen molar-refractivity contribution in [3.63, 3.8) is 0 Å². The summed E-state index contributed by atoms with van der Waals surface area (Å²) in [4.78, 5) is 16.3. The summed E-state index contributed by atoms with van der Waals surface area (Å²) >= 11 is 0. The van der Waals surface area contributed by atoms with Crippen LogP contribution in [0.1, 0.15) is 10.5 Å². The average molecular weight is 360 g/mol. The third-order valence-electron chi connectivity index (χ3n) is 3.79. The van der Waals surface area contributed by atoms with Crippen LogP contribution in [0.25, 0.3) is 11.3 Å². The van der Waals surface area contributed by atoms with Crippen LogP contribution in [0.4, 0.5) is 5.82 Å². The van der Waals surface area contributed by atoms with Crippen molar-refractivity contribution in [2.45, 2.75) is 6.73 Å². The zero-order chi connectivity index (χ0) is 18.5. The van der Waals surface area contributed by atoms with Gasteiger partial charge in [-0.1, -0.05) is 18.2 Å². The predicted octanol–water partition coefficient (Wildman–Crippen LogP) is 2.96. The molecule has 1 aromatic carbocycles. The molecule has 1 amide bonds. The zero-order valence-electron chi connectivity index (χ0n) is 14.2. The van der Waals surface area contributed by atoms with Gasteiger partial charge < -0.3 is 10.1 Å². The van der Waals surface area contributed by atoms with E-state index in [-0.39, 0.29) is 18.3 Å². The zero-order valence-corrected chi connectivity index (χ0v) is 14.2. The highest BCUT2D eigenvalue weighted by Crippen LogP contribution is 2.18. The normalized spacial score (nSPS) is 10.5. The Morgan fingerprint density at radius 3 is 2.74 bits per heavy atom. The van der Waals surface area contributed by atoms with Crippen LogP contribution >= 0.6 is 0 Å². The standard InChI is InChI=1S/C19H16N6O2/c26-19(21-18-12-17(22-23-18)14-6-9-20-10-7-14)16-8-11-25(24-16)13-27-15-4-2-1-3-5-15/h1-12H,13H2,(H2,21,22,23,26). The van der Waals surface area contributed by atoms with Crippen molar-refractivity contribution in [3.05, 3.63) is 78.9 Å². The van der Waals surface area contributed by atoms with Crippen LogP contribution in [0.5, 0.6) is 5.75 Å². The molecule has 8 nitrogen and oxygen atoms in total. The molecular formula is C19H16N6O2. The third-order valence-corrected chi connectivity index (χ3v) is 3.79. The number of H-pyrrole nitrogens is 1. The highest BCUT2D eigenvalue weighted by Gasteiger charge is 2.12. The molecule has 0 radical (unpaired) electrons. The number of pyridine rings is 1. The number of nitrogens with one attached hydrogen (secondary N) is 2. The maximum absolute atomic E-state index is 12.4. The average Bonchev–Trinajstić information content (AvgIpc) is 3.38. The van der Waals surface area contributed by atoms with Gasteiger partial charge in [0.05, 0.1) is 5.69 Å². The molecule has 27 heavy (non-hydrogen) atoms. The van der Waals surface area contributed by atoms with E-state index < -0.39 is 0 Å². The van der Waals surface area contributed by atoms with Crippen LogP contribution in [0.3, 0.4) is 0 Å². The van der Waals surface area contributed by atoms with Crippen LogP contribution in [0.2, 0.25) is 0 Å². The van der Waals surface area contributed by atoms with Gasteiger partial charge in [0.2, 0.25) is 0 Å². The number of carbonyl (C=O) groups excluding carboxylic acids is 1. The van der Waals surface area contributed by atoms with Gasteiger partial charge in [0.25, 0.3) is 5.91 Å². The molecule has 2 N–H and O–H groups in total. The minimum atomic E-state index is -0.346. The van der Waals surface area contributed by atoms with Gasteiger partial charge in [-0.15, -0.1) is 0 Å². The van der Waals surface area contributed by atoms with Crippen molar-refractivity contribution in [2.75, 3.05) is 5.32 Å². The van der Waals surface area contributed by atoms with Gasteiger partial charge in [0.15, 0.2) is 18.2 Å². The molecular weight excluding hydrogens is 344 g/mol. The van der Waals surface area contributed by atoms with Crippen LogP contribution in [0, 0.1) is 0 Å². The Labute approximate surface area is 154 Å². The number of ether oxygens (including phenoxy) is 1. The summed E-state index contributed by atoms with van der Waals surface area (Å²) in [5.74, 6) is 0.808. The van der Waals surface area contributed by atoms with Crippen molar-refractivity contribution < 1.29 is 9.53 Å². The van der Waals surface area contributed by atoms with E-state index in [1.54, 1.807) is 35.4 Å². The smallest absolute Gasteiger partial charge is 0.277 e. The monoisotopic (exact) mass is 360 g/mol. The predicted molar refractivity (Wildman–Crippen MR) is 99.1 cm³/mol. The second-order valence-corrected chi connectivity index (χ2v) is 5.68. The van der Waals surface area contributed by atoms with E-state index in [0.717, 1.165) is 17.0 Å². The van der Waals surface area contributed by atoms with Gasteiger partial charge in [-0.05, 0) is 30.3 Å². The fourth-order valence-electron chi connectivity index (χ4n) is 2.46. The molecule has 0 fully saturated rings. The molecule has 0 spiro atoms. The lowest BCUT2D eigenvalue weighted by atomic mass is 10.2. The summed E-state index contributed by atoms with van der Waals surface area (Å²) in [6.07, 6.45) is 5.07. The number of anilines is 1. The fourth-order valence-corrected chi connectivity index (χ4v) is 2.46. The molecule has 4 rings (SSSR count). The molecule has 0 bridgehead atoms. The quantitative estimate of drug-likeness (QED) is 0.551. The first-order valence-electron chi connectivity index (χ1n) is 8.26. The minimum absolute atomic E-state index is 0.214. The molecule has 0 aliphatic carbocycles. The van der Waals surface area contributed by atoms with E-state index in [4.69, 9.17) is 4.74 Å². The number of hydrogen-bond donors (Lipinski definition) is 2. The number of aromatic amines is 1. The number of nitrogens with zero attached hydrogens (tertiary/aromatic N) is 4. The van der Waals surface area contributed by atoms with E-state index in [1.165, 1.54) is 0 Å². The molecule has 3 aromatic heterocycles. The first-order valence-corrected chi connectivity index (χ1v) is 8.26. The number of hydrogen-bond acceptors (Lipinski definition) is 5. The Kier molecular flexibility index (Phi) is 4.60. The number of benzene rings is 1.